The van der Waals surface area contributed by atoms with Crippen LogP contribution < -0.4 is 20.7 Å². The highest BCUT2D eigenvalue weighted by Crippen LogP contribution is 2.33. The van der Waals surface area contributed by atoms with E-state index < -0.39 is 0 Å². The third-order valence-electron chi connectivity index (χ3n) is 6.93. The number of benzene rings is 1. The first-order valence-corrected chi connectivity index (χ1v) is 12.9. The second-order valence-corrected chi connectivity index (χ2v) is 9.33. The zero-order valence-electron chi connectivity index (χ0n) is 21.2. The molecule has 2 aliphatic rings. The molecule has 3 aromatic heterocycles. The van der Waals surface area contributed by atoms with Crippen molar-refractivity contribution in [2.24, 2.45) is 0 Å². The van der Waals surface area contributed by atoms with E-state index in [1.807, 2.05) is 30.3 Å². The van der Waals surface area contributed by atoms with E-state index in [2.05, 4.69) is 42.0 Å². The van der Waals surface area contributed by atoms with Crippen molar-refractivity contribution < 1.29 is 4.74 Å². The van der Waals surface area contributed by atoms with Crippen molar-refractivity contribution in [2.45, 2.75) is 32.4 Å². The predicted octanol–water partition coefficient (Wildman–Crippen LogP) is 2.94. The number of morpholine rings is 1. The molecule has 0 amide bonds. The van der Waals surface area contributed by atoms with E-state index in [0.29, 0.717) is 37.5 Å². The molecule has 1 aromatic carbocycles. The summed E-state index contributed by atoms with van der Waals surface area (Å²) in [5.41, 5.74) is 3.69. The average Bonchev–Trinajstić information content (AvgIpc) is 2.97. The van der Waals surface area contributed by atoms with Crippen LogP contribution in [0.15, 0.2) is 59.8 Å². The molecule has 1 saturated heterocycles. The Kier molecular flexibility index (Phi) is 6.65. The number of fused-ring (bicyclic) bond motifs is 1. The molecule has 38 heavy (non-hydrogen) atoms. The third kappa shape index (κ3) is 4.92. The number of nitrogens with zero attached hydrogens (tertiary/aromatic N) is 7. The molecule has 1 fully saturated rings. The van der Waals surface area contributed by atoms with Crippen LogP contribution in [0.3, 0.4) is 0 Å². The zero-order chi connectivity index (χ0) is 25.9. The molecule has 0 bridgehead atoms. The van der Waals surface area contributed by atoms with Crippen LogP contribution in [-0.4, -0.2) is 62.2 Å². The standard InChI is InChI=1S/C27H29N9O2/c1-2-20-17-38-15-14-36(20)25-21-9-13-35(27-29-10-3-11-30-27)16-22(21)32-24(34-25)18-4-6-19(7-5-18)31-26-28-12-8-23(37)33-26/h3-8,10-12,20H,2,9,13-17H2,1H3,(H2,28,31,33,37)/t20-/m0/s1. The molecule has 2 aliphatic heterocycles. The number of H-pyrrole nitrogens is 1. The van der Waals surface area contributed by atoms with E-state index >= 15 is 0 Å². The van der Waals surface area contributed by atoms with Crippen LogP contribution in [0.25, 0.3) is 11.4 Å². The zero-order valence-corrected chi connectivity index (χ0v) is 21.2. The van der Waals surface area contributed by atoms with Crippen molar-refractivity contribution in [3.8, 4) is 11.4 Å². The van der Waals surface area contributed by atoms with Crippen molar-refractivity contribution >= 4 is 23.4 Å². The highest BCUT2D eigenvalue weighted by molar-refractivity contribution is 5.65. The maximum Gasteiger partial charge on any atom is 0.252 e. The van der Waals surface area contributed by atoms with Gasteiger partial charge in [0.15, 0.2) is 5.82 Å². The van der Waals surface area contributed by atoms with E-state index in [1.165, 1.54) is 17.8 Å². The summed E-state index contributed by atoms with van der Waals surface area (Å²) in [6, 6.07) is 11.3. The van der Waals surface area contributed by atoms with E-state index in [4.69, 9.17) is 14.7 Å². The minimum Gasteiger partial charge on any atom is -0.377 e. The highest BCUT2D eigenvalue weighted by atomic mass is 16.5. The Morgan fingerprint density at radius 3 is 2.68 bits per heavy atom. The van der Waals surface area contributed by atoms with Crippen molar-refractivity contribution in [3.63, 3.8) is 0 Å². The van der Waals surface area contributed by atoms with Gasteiger partial charge in [0.1, 0.15) is 5.82 Å². The molecule has 0 radical (unpaired) electrons. The van der Waals surface area contributed by atoms with Crippen molar-refractivity contribution in [2.75, 3.05) is 41.4 Å². The Bertz CT molecular complexity index is 1460. The van der Waals surface area contributed by atoms with Gasteiger partial charge in [-0.25, -0.2) is 24.9 Å². The van der Waals surface area contributed by atoms with Gasteiger partial charge < -0.3 is 19.9 Å². The van der Waals surface area contributed by atoms with Crippen LogP contribution in [0.4, 0.5) is 23.4 Å². The summed E-state index contributed by atoms with van der Waals surface area (Å²) in [6.07, 6.45) is 6.81. The summed E-state index contributed by atoms with van der Waals surface area (Å²) in [6.45, 7) is 5.81. The molecule has 0 spiro atoms. The van der Waals surface area contributed by atoms with Crippen LogP contribution in [0.5, 0.6) is 0 Å². The molecule has 194 valence electrons. The molecule has 0 unspecified atom stereocenters. The SMILES string of the molecule is CC[C@H]1COCCN1c1nc(-c2ccc(Nc3nccc(=O)[nH]3)cc2)nc2c1CCN(c1ncccn1)C2. The number of hydrogen-bond donors (Lipinski definition) is 2. The first-order valence-electron chi connectivity index (χ1n) is 12.9. The topological polar surface area (TPSA) is 125 Å². The van der Waals surface area contributed by atoms with Gasteiger partial charge in [0, 0.05) is 54.6 Å². The molecule has 11 nitrogen and oxygen atoms in total. The number of aromatic amines is 1. The Labute approximate surface area is 220 Å². The lowest BCUT2D eigenvalue weighted by atomic mass is 10.0. The molecule has 0 aliphatic carbocycles. The third-order valence-corrected chi connectivity index (χ3v) is 6.93. The maximum atomic E-state index is 11.6. The van der Waals surface area contributed by atoms with E-state index in [9.17, 15) is 4.79 Å². The normalized spacial score (nSPS) is 17.2. The summed E-state index contributed by atoms with van der Waals surface area (Å²) < 4.78 is 5.78. The summed E-state index contributed by atoms with van der Waals surface area (Å²) in [5.74, 6) is 2.77. The van der Waals surface area contributed by atoms with Crippen LogP contribution in [0, 0.1) is 0 Å². The Hall–Kier alpha value is -4.38. The number of rotatable bonds is 6. The Morgan fingerprint density at radius 2 is 1.89 bits per heavy atom. The van der Waals surface area contributed by atoms with Crippen LogP contribution >= 0.6 is 0 Å². The van der Waals surface area contributed by atoms with Gasteiger partial charge in [-0.05, 0) is 43.2 Å². The van der Waals surface area contributed by atoms with Crippen molar-refractivity contribution in [1.29, 1.82) is 0 Å². The number of aromatic nitrogens is 6. The molecule has 2 N–H and O–H groups in total. The van der Waals surface area contributed by atoms with Gasteiger partial charge in [0.2, 0.25) is 11.9 Å². The first-order chi connectivity index (χ1) is 18.7. The lowest BCUT2D eigenvalue weighted by Crippen LogP contribution is -2.47. The van der Waals surface area contributed by atoms with Crippen LogP contribution in [0.2, 0.25) is 0 Å². The van der Waals surface area contributed by atoms with Crippen molar-refractivity contribution in [1.82, 2.24) is 29.9 Å². The summed E-state index contributed by atoms with van der Waals surface area (Å²) in [5, 5.41) is 3.12. The monoisotopic (exact) mass is 511 g/mol. The van der Waals surface area contributed by atoms with Gasteiger partial charge in [-0.1, -0.05) is 6.92 Å². The van der Waals surface area contributed by atoms with Gasteiger partial charge in [0.05, 0.1) is 31.5 Å². The molecule has 5 heterocycles. The lowest BCUT2D eigenvalue weighted by Gasteiger charge is -2.39. The molecule has 4 aromatic rings. The summed E-state index contributed by atoms with van der Waals surface area (Å²) in [7, 11) is 0. The Balaban J connectivity index is 1.36. The molecular weight excluding hydrogens is 482 g/mol. The smallest absolute Gasteiger partial charge is 0.252 e. The number of ether oxygens (including phenoxy) is 1. The van der Waals surface area contributed by atoms with Crippen LogP contribution in [0.1, 0.15) is 24.6 Å². The van der Waals surface area contributed by atoms with Crippen LogP contribution in [-0.2, 0) is 17.7 Å². The number of nitrogens with one attached hydrogen (secondary N) is 2. The molecular formula is C27H29N9O2. The molecule has 11 heteroatoms. The van der Waals surface area contributed by atoms with Gasteiger partial charge in [-0.15, -0.1) is 0 Å². The molecule has 0 saturated carbocycles. The molecule has 1 atom stereocenters. The second-order valence-electron chi connectivity index (χ2n) is 9.33. The van der Waals surface area contributed by atoms with E-state index in [1.54, 1.807) is 12.4 Å². The fourth-order valence-corrected chi connectivity index (χ4v) is 4.95. The largest absolute Gasteiger partial charge is 0.377 e. The maximum absolute atomic E-state index is 11.6. The van der Waals surface area contributed by atoms with Gasteiger partial charge in [-0.3, -0.25) is 9.78 Å². The summed E-state index contributed by atoms with van der Waals surface area (Å²) >= 11 is 0. The van der Waals surface area contributed by atoms with Gasteiger partial charge >= 0.3 is 0 Å². The average molecular weight is 512 g/mol. The predicted molar refractivity (Wildman–Crippen MR) is 145 cm³/mol. The quantitative estimate of drug-likeness (QED) is 0.399. The fourth-order valence-electron chi connectivity index (χ4n) is 4.95. The fraction of sp³-hybridized carbons (Fsp3) is 0.333. The van der Waals surface area contributed by atoms with E-state index in [-0.39, 0.29) is 11.6 Å². The summed E-state index contributed by atoms with van der Waals surface area (Å²) in [4.78, 5) is 42.1. The second kappa shape index (κ2) is 10.5. The lowest BCUT2D eigenvalue weighted by molar-refractivity contribution is 0.0924. The minimum absolute atomic E-state index is 0.211. The number of hydrogen-bond acceptors (Lipinski definition) is 10. The molecule has 6 rings (SSSR count). The first kappa shape index (κ1) is 24.0. The van der Waals surface area contributed by atoms with Crippen molar-refractivity contribution in [3.05, 3.63) is 76.6 Å². The Morgan fingerprint density at radius 1 is 1.05 bits per heavy atom. The van der Waals surface area contributed by atoms with Gasteiger partial charge in [-0.2, -0.15) is 0 Å². The minimum atomic E-state index is -0.211. The number of anilines is 4. The van der Waals surface area contributed by atoms with E-state index in [0.717, 1.165) is 48.7 Å². The van der Waals surface area contributed by atoms with Gasteiger partial charge in [0.25, 0.3) is 5.56 Å². The highest BCUT2D eigenvalue weighted by Gasteiger charge is 2.30.